The summed E-state index contributed by atoms with van der Waals surface area (Å²) in [4.78, 5) is 28.4. The third-order valence-corrected chi connectivity index (χ3v) is 17.2. The SMILES string of the molecule is CCCCCC1CCC(c2ccc(-c3ccc(C(=O)O[C@@H]4CCC5=C(CCCC5)[C@@H]4c4c(OC(=O)c5ccc(-c6ccc(C7CCC(C)CC7)cc6)cc5)ccc5c4CCCC5)cc3)cc2)CC1. The zero-order valence-corrected chi connectivity index (χ0v) is 41.0. The van der Waals surface area contributed by atoms with Gasteiger partial charge in [0.25, 0.3) is 0 Å². The number of benzene rings is 5. The molecule has 5 aliphatic carbocycles. The topological polar surface area (TPSA) is 52.6 Å². The lowest BCUT2D eigenvalue weighted by atomic mass is 9.69. The first-order chi connectivity index (χ1) is 33.4. The Kier molecular flexibility index (Phi) is 14.8. The van der Waals surface area contributed by atoms with Crippen molar-refractivity contribution in [3.8, 4) is 28.0 Å². The Morgan fingerprint density at radius 3 is 1.69 bits per heavy atom. The van der Waals surface area contributed by atoms with Crippen molar-refractivity contribution in [2.45, 2.75) is 179 Å². The molecule has 0 amide bonds. The maximum atomic E-state index is 14.3. The van der Waals surface area contributed by atoms with Crippen LogP contribution in [0.15, 0.2) is 120 Å². The third-order valence-electron chi connectivity index (χ3n) is 17.2. The van der Waals surface area contributed by atoms with Gasteiger partial charge < -0.3 is 9.47 Å². The molecule has 354 valence electrons. The number of unbranched alkanes of at least 4 members (excludes halogenated alkanes) is 2. The minimum absolute atomic E-state index is 0.143. The molecule has 2 atom stereocenters. The van der Waals surface area contributed by atoms with Crippen LogP contribution in [-0.4, -0.2) is 18.0 Å². The number of aryl methyl sites for hydroxylation is 1. The van der Waals surface area contributed by atoms with E-state index in [1.165, 1.54) is 122 Å². The van der Waals surface area contributed by atoms with Crippen molar-refractivity contribution in [3.63, 3.8) is 0 Å². The molecule has 0 aliphatic heterocycles. The summed E-state index contributed by atoms with van der Waals surface area (Å²) >= 11 is 0. The van der Waals surface area contributed by atoms with Gasteiger partial charge in [-0.2, -0.15) is 0 Å². The van der Waals surface area contributed by atoms with Gasteiger partial charge >= 0.3 is 11.9 Å². The molecule has 5 aromatic carbocycles. The number of esters is 2. The Bertz CT molecular complexity index is 2530. The highest BCUT2D eigenvalue weighted by atomic mass is 16.5. The molecular weight excluding hydrogens is 833 g/mol. The molecule has 68 heavy (non-hydrogen) atoms. The van der Waals surface area contributed by atoms with Gasteiger partial charge in [-0.15, -0.1) is 0 Å². The average molecular weight is 907 g/mol. The second-order valence-corrected chi connectivity index (χ2v) is 21.6. The first-order valence-corrected chi connectivity index (χ1v) is 27.1. The molecule has 4 nitrogen and oxygen atoms in total. The molecule has 0 N–H and O–H groups in total. The fourth-order valence-electron chi connectivity index (χ4n) is 13.0. The van der Waals surface area contributed by atoms with E-state index in [4.69, 9.17) is 9.47 Å². The van der Waals surface area contributed by atoms with Crippen LogP contribution in [0, 0.1) is 11.8 Å². The minimum Gasteiger partial charge on any atom is -0.458 e. The maximum Gasteiger partial charge on any atom is 0.343 e. The van der Waals surface area contributed by atoms with Gasteiger partial charge in [0.2, 0.25) is 0 Å². The van der Waals surface area contributed by atoms with Crippen LogP contribution in [0.25, 0.3) is 22.3 Å². The van der Waals surface area contributed by atoms with Gasteiger partial charge in [0.1, 0.15) is 11.9 Å². The molecule has 10 rings (SSSR count). The van der Waals surface area contributed by atoms with Crippen LogP contribution in [0.3, 0.4) is 0 Å². The number of fused-ring (bicyclic) bond motifs is 1. The van der Waals surface area contributed by atoms with Crippen molar-refractivity contribution in [1.82, 2.24) is 0 Å². The number of allylic oxidation sites excluding steroid dienone is 1. The number of ether oxygens (including phenoxy) is 2. The van der Waals surface area contributed by atoms with Crippen molar-refractivity contribution in [2.75, 3.05) is 0 Å². The highest BCUT2D eigenvalue weighted by Gasteiger charge is 2.40. The summed E-state index contributed by atoms with van der Waals surface area (Å²) in [5.74, 6) is 2.92. The highest BCUT2D eigenvalue weighted by molar-refractivity contribution is 5.92. The number of rotatable bonds is 13. The van der Waals surface area contributed by atoms with E-state index in [-0.39, 0.29) is 24.0 Å². The molecule has 0 aromatic heterocycles. The van der Waals surface area contributed by atoms with Crippen molar-refractivity contribution >= 4 is 11.9 Å². The van der Waals surface area contributed by atoms with Gasteiger partial charge in [-0.25, -0.2) is 9.59 Å². The fraction of sp³-hybridized carbons (Fsp3) is 0.469. The Labute approximate surface area is 407 Å². The summed E-state index contributed by atoms with van der Waals surface area (Å²) < 4.78 is 13.2. The third kappa shape index (κ3) is 10.5. The van der Waals surface area contributed by atoms with Crippen LogP contribution >= 0.6 is 0 Å². The van der Waals surface area contributed by atoms with Crippen molar-refractivity contribution < 1.29 is 19.1 Å². The molecular formula is C64H74O4. The second-order valence-electron chi connectivity index (χ2n) is 21.6. The molecule has 0 unspecified atom stereocenters. The summed E-state index contributed by atoms with van der Waals surface area (Å²) in [7, 11) is 0. The second kappa shape index (κ2) is 21.6. The summed E-state index contributed by atoms with van der Waals surface area (Å²) in [6.07, 6.45) is 25.9. The lowest BCUT2D eigenvalue weighted by molar-refractivity contribution is 0.0211. The maximum absolute atomic E-state index is 14.3. The van der Waals surface area contributed by atoms with E-state index in [9.17, 15) is 9.59 Å². The van der Waals surface area contributed by atoms with Crippen LogP contribution in [0.1, 0.15) is 209 Å². The molecule has 0 saturated heterocycles. The molecule has 0 radical (unpaired) electrons. The van der Waals surface area contributed by atoms with Gasteiger partial charge in [0, 0.05) is 11.5 Å². The van der Waals surface area contributed by atoms with Gasteiger partial charge in [-0.3, -0.25) is 0 Å². The van der Waals surface area contributed by atoms with Crippen LogP contribution in [0.4, 0.5) is 0 Å². The highest BCUT2D eigenvalue weighted by Crippen LogP contribution is 2.50. The Morgan fingerprint density at radius 1 is 0.529 bits per heavy atom. The van der Waals surface area contributed by atoms with E-state index in [0.717, 1.165) is 91.9 Å². The normalized spacial score (nSPS) is 23.9. The van der Waals surface area contributed by atoms with Gasteiger partial charge in [-0.05, 0) is 201 Å². The number of hydrogen-bond acceptors (Lipinski definition) is 4. The summed E-state index contributed by atoms with van der Waals surface area (Å²) in [6.45, 7) is 4.67. The first kappa shape index (κ1) is 46.5. The van der Waals surface area contributed by atoms with Gasteiger partial charge in [-0.1, -0.05) is 142 Å². The van der Waals surface area contributed by atoms with E-state index in [0.29, 0.717) is 28.7 Å². The monoisotopic (exact) mass is 907 g/mol. The van der Waals surface area contributed by atoms with E-state index < -0.39 is 0 Å². The average Bonchev–Trinajstić information content (AvgIpc) is 3.39. The van der Waals surface area contributed by atoms with E-state index >= 15 is 0 Å². The summed E-state index contributed by atoms with van der Waals surface area (Å²) in [6, 6.07) is 38.4. The standard InChI is InChI=1S/C64H74O4/c1-3-4-5-10-44-17-21-46(22-18-44)48-25-29-50(30-26-48)52-33-37-56(38-34-52)64(66)68-60-42-40-54-12-7-9-14-58(54)62(60)61-57-13-8-6-11-53(57)39-41-59(61)67-63(65)55-35-31-51(32-36-55)49-27-23-47(24-28-49)45-19-15-43(2)16-20-45/h23-39,41,43-46,60,62H,3-22,40,42H2,1-2H3/t43?,44?,45?,46?,60-,62+/m1/s1. The molecule has 0 bridgehead atoms. The van der Waals surface area contributed by atoms with Gasteiger partial charge in [0.05, 0.1) is 11.1 Å². The Hall–Kier alpha value is -5.22. The van der Waals surface area contributed by atoms with Crippen molar-refractivity contribution in [2.24, 2.45) is 11.8 Å². The summed E-state index contributed by atoms with van der Waals surface area (Å²) in [5.41, 5.74) is 15.2. The Morgan fingerprint density at radius 2 is 1.07 bits per heavy atom. The molecule has 0 spiro atoms. The molecule has 0 heterocycles. The largest absolute Gasteiger partial charge is 0.458 e. The molecule has 2 fully saturated rings. The molecule has 4 heteroatoms. The lowest BCUT2D eigenvalue weighted by Gasteiger charge is -2.40. The lowest BCUT2D eigenvalue weighted by Crippen LogP contribution is -2.33. The van der Waals surface area contributed by atoms with Crippen LogP contribution < -0.4 is 4.74 Å². The number of carbonyl (C=O) groups is 2. The molecule has 5 aromatic rings. The number of hydrogen-bond donors (Lipinski definition) is 0. The fourth-order valence-corrected chi connectivity index (χ4v) is 13.0. The van der Waals surface area contributed by atoms with Crippen molar-refractivity contribution in [3.05, 3.63) is 159 Å². The van der Waals surface area contributed by atoms with Crippen LogP contribution in [0.2, 0.25) is 0 Å². The number of carbonyl (C=O) groups excluding carboxylic acids is 2. The smallest absolute Gasteiger partial charge is 0.343 e. The Balaban J connectivity index is 0.850. The zero-order chi connectivity index (χ0) is 46.4. The van der Waals surface area contributed by atoms with Crippen LogP contribution in [0.5, 0.6) is 5.75 Å². The molecule has 5 aliphatic rings. The predicted octanol–water partition coefficient (Wildman–Crippen LogP) is 17.2. The van der Waals surface area contributed by atoms with E-state index in [1.807, 2.05) is 42.5 Å². The van der Waals surface area contributed by atoms with E-state index in [1.54, 1.807) is 0 Å². The minimum atomic E-state index is -0.354. The predicted molar refractivity (Wildman–Crippen MR) is 278 cm³/mol. The van der Waals surface area contributed by atoms with E-state index in [2.05, 4.69) is 80.6 Å². The quantitative estimate of drug-likeness (QED) is 0.0511. The van der Waals surface area contributed by atoms with Crippen LogP contribution in [-0.2, 0) is 17.6 Å². The van der Waals surface area contributed by atoms with Gasteiger partial charge in [0.15, 0.2) is 0 Å². The van der Waals surface area contributed by atoms with Crippen molar-refractivity contribution in [1.29, 1.82) is 0 Å². The molecule has 2 saturated carbocycles. The zero-order valence-electron chi connectivity index (χ0n) is 41.0. The summed E-state index contributed by atoms with van der Waals surface area (Å²) in [5, 5.41) is 0. The first-order valence-electron chi connectivity index (χ1n) is 27.1.